The molecule has 1 saturated carbocycles. The van der Waals surface area contributed by atoms with Gasteiger partial charge in [0.05, 0.1) is 0 Å². The second-order valence-electron chi connectivity index (χ2n) is 2.50. The molecule has 0 radical (unpaired) electrons. The van der Waals surface area contributed by atoms with E-state index >= 15 is 0 Å². The molecule has 0 spiro atoms. The predicted molar refractivity (Wildman–Crippen MR) is 43.2 cm³/mol. The van der Waals surface area contributed by atoms with E-state index in [1.807, 2.05) is 5.38 Å². The molecule has 54 valence electrons. The van der Waals surface area contributed by atoms with E-state index in [2.05, 4.69) is 10.3 Å². The highest BCUT2D eigenvalue weighted by Gasteiger charge is 2.21. The highest BCUT2D eigenvalue weighted by molar-refractivity contribution is 7.14. The van der Waals surface area contributed by atoms with Crippen molar-refractivity contribution in [3.8, 4) is 0 Å². The molecule has 0 amide bonds. The van der Waals surface area contributed by atoms with Gasteiger partial charge in [-0.1, -0.05) is 0 Å². The summed E-state index contributed by atoms with van der Waals surface area (Å²) in [6.07, 6.45) is 2.55. The molecule has 1 aromatic heterocycles. The third kappa shape index (κ3) is 1.21. The second-order valence-corrected chi connectivity index (χ2v) is 3.35. The van der Waals surface area contributed by atoms with Crippen molar-refractivity contribution in [1.82, 2.24) is 4.98 Å². The number of nitrogens with two attached hydrogens (primary N) is 1. The van der Waals surface area contributed by atoms with Gasteiger partial charge in [-0.25, -0.2) is 4.98 Å². The maximum absolute atomic E-state index is 5.43. The van der Waals surface area contributed by atoms with E-state index in [0.717, 1.165) is 5.13 Å². The summed E-state index contributed by atoms with van der Waals surface area (Å²) in [4.78, 5) is 4.08. The molecule has 1 fully saturated rings. The maximum atomic E-state index is 5.43. The Hall–Kier alpha value is -0.770. The van der Waals surface area contributed by atoms with Crippen LogP contribution in [0.1, 0.15) is 12.8 Å². The van der Waals surface area contributed by atoms with Crippen LogP contribution in [-0.2, 0) is 0 Å². The van der Waals surface area contributed by atoms with Gasteiger partial charge in [-0.05, 0) is 12.8 Å². The summed E-state index contributed by atoms with van der Waals surface area (Å²) < 4.78 is 0. The van der Waals surface area contributed by atoms with Gasteiger partial charge in [0.1, 0.15) is 5.82 Å². The van der Waals surface area contributed by atoms with Gasteiger partial charge in [-0.3, -0.25) is 0 Å². The Morgan fingerprint density at radius 3 is 3.00 bits per heavy atom. The molecule has 0 bridgehead atoms. The molecule has 10 heavy (non-hydrogen) atoms. The minimum atomic E-state index is 0.619. The summed E-state index contributed by atoms with van der Waals surface area (Å²) in [6, 6.07) is 0.672. The van der Waals surface area contributed by atoms with Gasteiger partial charge in [0.25, 0.3) is 0 Å². The van der Waals surface area contributed by atoms with Crippen LogP contribution in [0, 0.1) is 0 Å². The summed E-state index contributed by atoms with van der Waals surface area (Å²) >= 11 is 1.57. The first-order valence-corrected chi connectivity index (χ1v) is 4.20. The van der Waals surface area contributed by atoms with E-state index in [-0.39, 0.29) is 0 Å². The van der Waals surface area contributed by atoms with Crippen LogP contribution in [0.2, 0.25) is 0 Å². The van der Waals surface area contributed by atoms with Crippen molar-refractivity contribution in [3.63, 3.8) is 0 Å². The number of nitrogens with zero attached hydrogens (tertiary/aromatic N) is 1. The zero-order valence-corrected chi connectivity index (χ0v) is 6.32. The highest BCUT2D eigenvalue weighted by Crippen LogP contribution is 2.26. The van der Waals surface area contributed by atoms with Crippen LogP contribution in [0.3, 0.4) is 0 Å². The molecular weight excluding hydrogens is 146 g/mol. The SMILES string of the molecule is Nc1csc(NC2CC2)n1. The summed E-state index contributed by atoms with van der Waals surface area (Å²) in [5.74, 6) is 0.619. The standard InChI is InChI=1S/C6H9N3S/c7-5-3-10-6(9-5)8-4-1-2-4/h3-4H,1-2,7H2,(H,8,9). The van der Waals surface area contributed by atoms with Crippen molar-refractivity contribution in [1.29, 1.82) is 0 Å². The first kappa shape index (κ1) is 5.97. The zero-order chi connectivity index (χ0) is 6.97. The summed E-state index contributed by atoms with van der Waals surface area (Å²) in [7, 11) is 0. The Labute approximate surface area is 63.3 Å². The molecule has 3 N–H and O–H groups in total. The molecule has 0 unspecified atom stereocenters. The Morgan fingerprint density at radius 1 is 1.70 bits per heavy atom. The Kier molecular flexibility index (Phi) is 1.27. The monoisotopic (exact) mass is 155 g/mol. The van der Waals surface area contributed by atoms with E-state index in [0.29, 0.717) is 11.9 Å². The van der Waals surface area contributed by atoms with Gasteiger partial charge < -0.3 is 11.1 Å². The van der Waals surface area contributed by atoms with E-state index in [4.69, 9.17) is 5.73 Å². The van der Waals surface area contributed by atoms with Gasteiger partial charge in [0.15, 0.2) is 5.13 Å². The molecule has 2 rings (SSSR count). The summed E-state index contributed by atoms with van der Waals surface area (Å²) in [6.45, 7) is 0. The predicted octanol–water partition coefficient (Wildman–Crippen LogP) is 1.30. The smallest absolute Gasteiger partial charge is 0.184 e. The Morgan fingerprint density at radius 2 is 2.50 bits per heavy atom. The lowest BCUT2D eigenvalue weighted by Crippen LogP contribution is -1.99. The highest BCUT2D eigenvalue weighted by atomic mass is 32.1. The molecule has 3 nitrogen and oxygen atoms in total. The van der Waals surface area contributed by atoms with Gasteiger partial charge in [-0.2, -0.15) is 0 Å². The van der Waals surface area contributed by atoms with Crippen molar-refractivity contribution in [2.24, 2.45) is 0 Å². The number of aromatic nitrogens is 1. The zero-order valence-electron chi connectivity index (χ0n) is 5.50. The molecule has 1 heterocycles. The lowest BCUT2D eigenvalue weighted by molar-refractivity contribution is 1.14. The molecule has 0 aromatic carbocycles. The molecule has 0 aliphatic heterocycles. The fraction of sp³-hybridized carbons (Fsp3) is 0.500. The van der Waals surface area contributed by atoms with Crippen molar-refractivity contribution < 1.29 is 0 Å². The third-order valence-corrected chi connectivity index (χ3v) is 2.22. The van der Waals surface area contributed by atoms with Crippen LogP contribution in [0.15, 0.2) is 5.38 Å². The fourth-order valence-electron chi connectivity index (χ4n) is 0.755. The average molecular weight is 155 g/mol. The van der Waals surface area contributed by atoms with E-state index in [1.54, 1.807) is 11.3 Å². The summed E-state index contributed by atoms with van der Waals surface area (Å²) in [5.41, 5.74) is 5.43. The molecule has 1 aliphatic carbocycles. The van der Waals surface area contributed by atoms with E-state index in [9.17, 15) is 0 Å². The number of nitrogen functional groups attached to an aromatic ring is 1. The fourth-order valence-corrected chi connectivity index (χ4v) is 1.43. The van der Waals surface area contributed by atoms with Gasteiger partial charge in [0.2, 0.25) is 0 Å². The number of hydrogen-bond acceptors (Lipinski definition) is 4. The molecule has 1 aliphatic rings. The maximum Gasteiger partial charge on any atom is 0.184 e. The van der Waals surface area contributed by atoms with Crippen molar-refractivity contribution in [2.75, 3.05) is 11.1 Å². The molecule has 1 aromatic rings. The van der Waals surface area contributed by atoms with Crippen LogP contribution in [0.4, 0.5) is 10.9 Å². The van der Waals surface area contributed by atoms with Crippen LogP contribution < -0.4 is 11.1 Å². The van der Waals surface area contributed by atoms with E-state index < -0.39 is 0 Å². The first-order valence-electron chi connectivity index (χ1n) is 3.32. The van der Waals surface area contributed by atoms with Crippen LogP contribution in [0.5, 0.6) is 0 Å². The molecular formula is C6H9N3S. The quantitative estimate of drug-likeness (QED) is 0.676. The molecule has 0 saturated heterocycles. The number of rotatable bonds is 2. The number of hydrogen-bond donors (Lipinski definition) is 2. The molecule has 4 heteroatoms. The minimum Gasteiger partial charge on any atom is -0.383 e. The average Bonchev–Trinajstić information content (AvgIpc) is 2.59. The van der Waals surface area contributed by atoms with E-state index in [1.165, 1.54) is 12.8 Å². The second kappa shape index (κ2) is 2.12. The third-order valence-electron chi connectivity index (χ3n) is 1.43. The minimum absolute atomic E-state index is 0.619. The largest absolute Gasteiger partial charge is 0.383 e. The lowest BCUT2D eigenvalue weighted by Gasteiger charge is -1.94. The summed E-state index contributed by atoms with van der Waals surface area (Å²) in [5, 5.41) is 6.07. The number of thiazole rings is 1. The van der Waals surface area contributed by atoms with Crippen molar-refractivity contribution >= 4 is 22.3 Å². The van der Waals surface area contributed by atoms with Crippen molar-refractivity contribution in [2.45, 2.75) is 18.9 Å². The number of nitrogens with one attached hydrogen (secondary N) is 1. The normalized spacial score (nSPS) is 17.2. The van der Waals surface area contributed by atoms with Crippen LogP contribution in [0.25, 0.3) is 0 Å². The number of anilines is 2. The molecule has 0 atom stereocenters. The van der Waals surface area contributed by atoms with Crippen LogP contribution >= 0.6 is 11.3 Å². The van der Waals surface area contributed by atoms with Crippen molar-refractivity contribution in [3.05, 3.63) is 5.38 Å². The van der Waals surface area contributed by atoms with Gasteiger partial charge in [-0.15, -0.1) is 11.3 Å². The lowest BCUT2D eigenvalue weighted by atomic mass is 10.7. The van der Waals surface area contributed by atoms with Gasteiger partial charge >= 0.3 is 0 Å². The Bertz CT molecular complexity index is 229. The first-order chi connectivity index (χ1) is 4.84. The topological polar surface area (TPSA) is 50.9 Å². The Balaban J connectivity index is 2.03. The van der Waals surface area contributed by atoms with Gasteiger partial charge in [0, 0.05) is 11.4 Å². The van der Waals surface area contributed by atoms with Crippen LogP contribution in [-0.4, -0.2) is 11.0 Å².